The Balaban J connectivity index is 2.47. The van der Waals surface area contributed by atoms with Gasteiger partial charge in [-0.2, -0.15) is 4.98 Å². The van der Waals surface area contributed by atoms with Gasteiger partial charge >= 0.3 is 0 Å². The predicted molar refractivity (Wildman–Crippen MR) is 75.2 cm³/mol. The fraction of sp³-hybridized carbons (Fsp3) is 0.667. The number of nitrogens with zero attached hydrogens (tertiary/aromatic N) is 2. The zero-order valence-corrected chi connectivity index (χ0v) is 11.7. The van der Waals surface area contributed by atoms with E-state index in [0.717, 1.165) is 32.4 Å². The summed E-state index contributed by atoms with van der Waals surface area (Å²) in [5.41, 5.74) is 0. The second-order valence-corrected chi connectivity index (χ2v) is 4.64. The van der Waals surface area contributed by atoms with Crippen molar-refractivity contribution in [3.63, 3.8) is 0 Å². The summed E-state index contributed by atoms with van der Waals surface area (Å²) in [6.07, 6.45) is 3.97. The lowest BCUT2D eigenvalue weighted by Gasteiger charge is -2.10. The Morgan fingerprint density at radius 2 is 2.17 bits per heavy atom. The molecule has 0 saturated heterocycles. The van der Waals surface area contributed by atoms with Crippen molar-refractivity contribution in [2.45, 2.75) is 39.2 Å². The summed E-state index contributed by atoms with van der Waals surface area (Å²) >= 11 is 6.01. The molecular weight excluding hydrogens is 252 g/mol. The molecule has 6 heteroatoms. The second-order valence-electron chi connectivity index (χ2n) is 4.23. The monoisotopic (exact) mass is 272 g/mol. The Hall–Kier alpha value is -1.07. The van der Waals surface area contributed by atoms with Crippen molar-refractivity contribution in [3.8, 4) is 0 Å². The zero-order chi connectivity index (χ0) is 13.4. The molecule has 1 aromatic rings. The predicted octanol–water partition coefficient (Wildman–Crippen LogP) is 2.52. The highest BCUT2D eigenvalue weighted by molar-refractivity contribution is 6.32. The van der Waals surface area contributed by atoms with E-state index in [0.29, 0.717) is 16.8 Å². The molecule has 0 aliphatic rings. The normalized spacial score (nSPS) is 12.2. The van der Waals surface area contributed by atoms with E-state index >= 15 is 0 Å². The van der Waals surface area contributed by atoms with Gasteiger partial charge in [0.2, 0.25) is 5.95 Å². The number of hydrogen-bond donors (Lipinski definition) is 3. The maximum absolute atomic E-state index is 9.16. The van der Waals surface area contributed by atoms with Gasteiger partial charge in [-0.3, -0.25) is 0 Å². The van der Waals surface area contributed by atoms with Crippen LogP contribution in [0, 0.1) is 0 Å². The highest BCUT2D eigenvalue weighted by Gasteiger charge is 2.04. The summed E-state index contributed by atoms with van der Waals surface area (Å²) in [5, 5.41) is 15.9. The summed E-state index contributed by atoms with van der Waals surface area (Å²) in [7, 11) is 0. The maximum Gasteiger partial charge on any atom is 0.224 e. The van der Waals surface area contributed by atoms with Gasteiger partial charge in [0.05, 0.1) is 12.3 Å². The molecule has 5 nitrogen and oxygen atoms in total. The first-order valence-corrected chi connectivity index (χ1v) is 6.69. The van der Waals surface area contributed by atoms with Gasteiger partial charge in [-0.1, -0.05) is 18.5 Å². The van der Waals surface area contributed by atoms with Crippen LogP contribution in [0.5, 0.6) is 0 Å². The molecule has 0 aromatic carbocycles. The lowest BCUT2D eigenvalue weighted by Crippen LogP contribution is -2.10. The van der Waals surface area contributed by atoms with Crippen molar-refractivity contribution in [2.24, 2.45) is 0 Å². The van der Waals surface area contributed by atoms with Crippen LogP contribution < -0.4 is 10.6 Å². The summed E-state index contributed by atoms with van der Waals surface area (Å²) in [5.74, 6) is 1.22. The Kier molecular flexibility index (Phi) is 6.75. The van der Waals surface area contributed by atoms with Crippen LogP contribution in [0.1, 0.15) is 33.1 Å². The quantitative estimate of drug-likeness (QED) is 0.635. The van der Waals surface area contributed by atoms with E-state index in [-0.39, 0.29) is 6.10 Å². The first kappa shape index (κ1) is 15.0. The van der Waals surface area contributed by atoms with Crippen molar-refractivity contribution in [1.82, 2.24) is 9.97 Å². The van der Waals surface area contributed by atoms with Gasteiger partial charge in [-0.15, -0.1) is 0 Å². The molecule has 0 spiro atoms. The van der Waals surface area contributed by atoms with Crippen LogP contribution in [0.4, 0.5) is 11.8 Å². The van der Waals surface area contributed by atoms with Crippen molar-refractivity contribution in [3.05, 3.63) is 11.2 Å². The fourth-order valence-corrected chi connectivity index (χ4v) is 1.58. The van der Waals surface area contributed by atoms with E-state index in [1.807, 2.05) is 0 Å². The minimum absolute atomic E-state index is 0.269. The van der Waals surface area contributed by atoms with Gasteiger partial charge < -0.3 is 15.7 Å². The molecule has 0 aliphatic heterocycles. The molecule has 102 valence electrons. The smallest absolute Gasteiger partial charge is 0.224 e. The van der Waals surface area contributed by atoms with E-state index < -0.39 is 0 Å². The van der Waals surface area contributed by atoms with Crippen LogP contribution in [0.2, 0.25) is 5.02 Å². The third kappa shape index (κ3) is 5.51. The first-order chi connectivity index (χ1) is 8.63. The third-order valence-electron chi connectivity index (χ3n) is 2.37. The molecule has 0 aliphatic carbocycles. The van der Waals surface area contributed by atoms with Gasteiger partial charge in [-0.25, -0.2) is 4.98 Å². The standard InChI is InChI=1S/C12H21ClN4O/c1-3-6-15-12-16-8-10(13)11(17-12)14-7-4-5-9(2)18/h8-9,18H,3-7H2,1-2H3,(H2,14,15,16,17). The van der Waals surface area contributed by atoms with E-state index in [4.69, 9.17) is 16.7 Å². The van der Waals surface area contributed by atoms with Crippen LogP contribution >= 0.6 is 11.6 Å². The van der Waals surface area contributed by atoms with Crippen LogP contribution in [0.25, 0.3) is 0 Å². The van der Waals surface area contributed by atoms with Crippen molar-refractivity contribution in [1.29, 1.82) is 0 Å². The van der Waals surface area contributed by atoms with Crippen LogP contribution in [-0.4, -0.2) is 34.3 Å². The Labute approximate surface area is 113 Å². The van der Waals surface area contributed by atoms with Gasteiger partial charge in [0, 0.05) is 13.1 Å². The zero-order valence-electron chi connectivity index (χ0n) is 10.9. The largest absolute Gasteiger partial charge is 0.393 e. The van der Waals surface area contributed by atoms with Crippen LogP contribution in [0.3, 0.4) is 0 Å². The molecule has 1 heterocycles. The minimum Gasteiger partial charge on any atom is -0.393 e. The van der Waals surface area contributed by atoms with Crippen molar-refractivity contribution >= 4 is 23.4 Å². The van der Waals surface area contributed by atoms with Crippen LogP contribution in [-0.2, 0) is 0 Å². The number of aromatic nitrogens is 2. The van der Waals surface area contributed by atoms with Gasteiger partial charge in [0.25, 0.3) is 0 Å². The fourth-order valence-electron chi connectivity index (χ4n) is 1.42. The van der Waals surface area contributed by atoms with E-state index in [1.165, 1.54) is 0 Å². The molecule has 1 unspecified atom stereocenters. The summed E-state index contributed by atoms with van der Waals surface area (Å²) < 4.78 is 0. The van der Waals surface area contributed by atoms with Gasteiger partial charge in [0.15, 0.2) is 0 Å². The summed E-state index contributed by atoms with van der Waals surface area (Å²) in [6, 6.07) is 0. The number of hydrogen-bond acceptors (Lipinski definition) is 5. The second kappa shape index (κ2) is 8.11. The number of anilines is 2. The number of halogens is 1. The SMILES string of the molecule is CCCNc1ncc(Cl)c(NCCCC(C)O)n1. The number of aliphatic hydroxyl groups is 1. The van der Waals surface area contributed by atoms with E-state index in [2.05, 4.69) is 27.5 Å². The molecule has 0 radical (unpaired) electrons. The molecule has 1 aromatic heterocycles. The molecule has 0 amide bonds. The van der Waals surface area contributed by atoms with Crippen molar-refractivity contribution in [2.75, 3.05) is 23.7 Å². The molecular formula is C12H21ClN4O. The Bertz CT molecular complexity index is 360. The molecule has 0 fully saturated rings. The lowest BCUT2D eigenvalue weighted by molar-refractivity contribution is 0.183. The highest BCUT2D eigenvalue weighted by atomic mass is 35.5. The number of rotatable bonds is 8. The summed E-state index contributed by atoms with van der Waals surface area (Å²) in [4.78, 5) is 8.40. The third-order valence-corrected chi connectivity index (χ3v) is 2.64. The summed E-state index contributed by atoms with van der Waals surface area (Å²) in [6.45, 7) is 5.43. The average molecular weight is 273 g/mol. The average Bonchev–Trinajstić information content (AvgIpc) is 2.34. The van der Waals surface area contributed by atoms with E-state index in [1.54, 1.807) is 13.1 Å². The number of nitrogens with one attached hydrogen (secondary N) is 2. The molecule has 3 N–H and O–H groups in total. The topological polar surface area (TPSA) is 70.1 Å². The van der Waals surface area contributed by atoms with Crippen LogP contribution in [0.15, 0.2) is 6.20 Å². The molecule has 1 rings (SSSR count). The highest BCUT2D eigenvalue weighted by Crippen LogP contribution is 2.19. The van der Waals surface area contributed by atoms with Gasteiger partial charge in [0.1, 0.15) is 10.8 Å². The van der Waals surface area contributed by atoms with Gasteiger partial charge in [-0.05, 0) is 26.2 Å². The molecule has 0 saturated carbocycles. The van der Waals surface area contributed by atoms with E-state index in [9.17, 15) is 0 Å². The first-order valence-electron chi connectivity index (χ1n) is 6.31. The van der Waals surface area contributed by atoms with Crippen molar-refractivity contribution < 1.29 is 5.11 Å². The maximum atomic E-state index is 9.16. The lowest BCUT2D eigenvalue weighted by atomic mass is 10.2. The number of aliphatic hydroxyl groups excluding tert-OH is 1. The molecule has 0 bridgehead atoms. The molecule has 1 atom stereocenters. The molecule has 18 heavy (non-hydrogen) atoms. The minimum atomic E-state index is -0.269. The Morgan fingerprint density at radius 1 is 1.39 bits per heavy atom. The Morgan fingerprint density at radius 3 is 2.83 bits per heavy atom.